The summed E-state index contributed by atoms with van der Waals surface area (Å²) < 4.78 is 29.2. The van der Waals surface area contributed by atoms with Gasteiger partial charge in [-0.2, -0.15) is 0 Å². The van der Waals surface area contributed by atoms with Crippen LogP contribution < -0.4 is 9.88 Å². The van der Waals surface area contributed by atoms with Crippen molar-refractivity contribution in [2.45, 2.75) is 40.0 Å². The molecule has 0 unspecified atom stereocenters. The zero-order valence-electron chi connectivity index (χ0n) is 13.7. The third-order valence-corrected chi connectivity index (χ3v) is 4.50. The lowest BCUT2D eigenvalue weighted by Gasteiger charge is -2.24. The van der Waals surface area contributed by atoms with E-state index in [1.807, 2.05) is 26.8 Å². The van der Waals surface area contributed by atoms with Crippen molar-refractivity contribution in [2.24, 2.45) is 10.6 Å². The molecular formula is C14H23N5O3S. The summed E-state index contributed by atoms with van der Waals surface area (Å²) in [5.41, 5.74) is 1.48. The van der Waals surface area contributed by atoms with Crippen LogP contribution in [0.5, 0.6) is 5.88 Å². The number of hydrogen-bond acceptors (Lipinski definition) is 6. The molecule has 0 fully saturated rings. The Hall–Kier alpha value is -1.74. The predicted octanol–water partition coefficient (Wildman–Crippen LogP) is 1.30. The molecule has 2 aromatic heterocycles. The highest BCUT2D eigenvalue weighted by Gasteiger charge is 2.20. The fourth-order valence-corrected chi connectivity index (χ4v) is 3.08. The number of hydrogen-bond donors (Lipinski definition) is 1. The Balaban J connectivity index is 1.83. The lowest BCUT2D eigenvalue weighted by molar-refractivity contribution is 0.242. The molecule has 2 rings (SSSR count). The van der Waals surface area contributed by atoms with Crippen LogP contribution in [0, 0.1) is 12.3 Å². The van der Waals surface area contributed by atoms with Gasteiger partial charge in [0.1, 0.15) is 6.33 Å². The summed E-state index contributed by atoms with van der Waals surface area (Å²) in [5, 5.41) is 13.3. The monoisotopic (exact) mass is 341 g/mol. The van der Waals surface area contributed by atoms with Crippen LogP contribution in [0.1, 0.15) is 38.7 Å². The van der Waals surface area contributed by atoms with Gasteiger partial charge in [-0.25, -0.2) is 18.5 Å². The van der Waals surface area contributed by atoms with Crippen molar-refractivity contribution in [1.29, 1.82) is 0 Å². The Morgan fingerprint density at radius 1 is 1.35 bits per heavy atom. The molecular weight excluding hydrogens is 318 g/mol. The minimum Gasteiger partial charge on any atom is -0.476 e. The van der Waals surface area contributed by atoms with Crippen LogP contribution >= 0.6 is 0 Å². The van der Waals surface area contributed by atoms with E-state index in [-0.39, 0.29) is 11.2 Å². The molecule has 0 spiro atoms. The third kappa shape index (κ3) is 5.43. The van der Waals surface area contributed by atoms with E-state index in [9.17, 15) is 8.42 Å². The normalized spacial score (nSPS) is 12.7. The van der Waals surface area contributed by atoms with Crippen LogP contribution in [0.3, 0.4) is 0 Å². The van der Waals surface area contributed by atoms with Gasteiger partial charge in [0, 0.05) is 5.56 Å². The largest absolute Gasteiger partial charge is 0.476 e. The average Bonchev–Trinajstić information content (AvgIpc) is 2.88. The number of nitrogens with two attached hydrogens (primary N) is 1. The van der Waals surface area contributed by atoms with Gasteiger partial charge in [0.15, 0.2) is 5.65 Å². The standard InChI is InChI=1S/C14H23N5O3S/c1-11-9-12-16-10-17-19(12)18-13(11)22-7-4-5-14(2,3)6-8-23(15,20)21/h9-10H,4-8H2,1-3H3,(H2,15,20,21). The van der Waals surface area contributed by atoms with Crippen LogP contribution in [-0.4, -0.2) is 40.6 Å². The van der Waals surface area contributed by atoms with Crippen molar-refractivity contribution in [1.82, 2.24) is 19.8 Å². The number of aromatic nitrogens is 4. The molecule has 0 aliphatic carbocycles. The number of rotatable bonds is 8. The SMILES string of the molecule is Cc1cc2ncnn2nc1OCCCC(C)(C)CCS(N)(=O)=O. The van der Waals surface area contributed by atoms with Crippen molar-refractivity contribution >= 4 is 15.7 Å². The molecule has 0 atom stereocenters. The highest BCUT2D eigenvalue weighted by atomic mass is 32.2. The summed E-state index contributed by atoms with van der Waals surface area (Å²) >= 11 is 0. The maximum atomic E-state index is 11.0. The number of fused-ring (bicyclic) bond motifs is 1. The first-order chi connectivity index (χ1) is 10.7. The Morgan fingerprint density at radius 2 is 2.09 bits per heavy atom. The molecule has 8 nitrogen and oxygen atoms in total. The van der Waals surface area contributed by atoms with Crippen molar-refractivity contribution in [2.75, 3.05) is 12.4 Å². The molecule has 2 aromatic rings. The van der Waals surface area contributed by atoms with E-state index >= 15 is 0 Å². The van der Waals surface area contributed by atoms with E-state index in [1.54, 1.807) is 0 Å². The van der Waals surface area contributed by atoms with E-state index in [0.29, 0.717) is 24.6 Å². The first kappa shape index (κ1) is 17.6. The molecule has 9 heteroatoms. The molecule has 0 bridgehead atoms. The van der Waals surface area contributed by atoms with Gasteiger partial charge >= 0.3 is 0 Å². The fraction of sp³-hybridized carbons (Fsp3) is 0.643. The average molecular weight is 341 g/mol. The van der Waals surface area contributed by atoms with Gasteiger partial charge in [0.2, 0.25) is 15.9 Å². The number of nitrogens with zero attached hydrogens (tertiary/aromatic N) is 4. The molecule has 0 aromatic carbocycles. The van der Waals surface area contributed by atoms with Gasteiger partial charge in [-0.15, -0.1) is 14.8 Å². The van der Waals surface area contributed by atoms with Gasteiger partial charge in [0.25, 0.3) is 0 Å². The quantitative estimate of drug-likeness (QED) is 0.724. The topological polar surface area (TPSA) is 112 Å². The first-order valence-electron chi connectivity index (χ1n) is 7.47. The minimum absolute atomic E-state index is 0.00445. The molecule has 0 amide bonds. The number of aryl methyl sites for hydroxylation is 1. The maximum absolute atomic E-state index is 11.0. The molecule has 2 heterocycles. The molecule has 0 saturated carbocycles. The smallest absolute Gasteiger partial charge is 0.236 e. The van der Waals surface area contributed by atoms with E-state index in [1.165, 1.54) is 11.0 Å². The van der Waals surface area contributed by atoms with Crippen LogP contribution in [0.15, 0.2) is 12.4 Å². The Morgan fingerprint density at radius 3 is 2.78 bits per heavy atom. The molecule has 0 aliphatic heterocycles. The summed E-state index contributed by atoms with van der Waals surface area (Å²) in [6.07, 6.45) is 3.62. The fourth-order valence-electron chi connectivity index (χ4n) is 2.24. The summed E-state index contributed by atoms with van der Waals surface area (Å²) in [6, 6.07) is 1.87. The lowest BCUT2D eigenvalue weighted by Crippen LogP contribution is -2.23. The highest BCUT2D eigenvalue weighted by Crippen LogP contribution is 2.27. The molecule has 0 aliphatic rings. The first-order valence-corrected chi connectivity index (χ1v) is 9.19. The summed E-state index contributed by atoms with van der Waals surface area (Å²) in [6.45, 7) is 6.48. The van der Waals surface area contributed by atoms with Gasteiger partial charge in [0.05, 0.1) is 12.4 Å². The number of sulfonamides is 1. The Kier molecular flexibility index (Phi) is 5.20. The van der Waals surface area contributed by atoms with Crippen molar-refractivity contribution in [3.05, 3.63) is 18.0 Å². The van der Waals surface area contributed by atoms with E-state index in [0.717, 1.165) is 18.4 Å². The third-order valence-electron chi connectivity index (χ3n) is 3.72. The zero-order chi connectivity index (χ0) is 17.1. The second-order valence-corrected chi connectivity index (χ2v) is 8.21. The van der Waals surface area contributed by atoms with Crippen molar-refractivity contribution in [3.8, 4) is 5.88 Å². The zero-order valence-corrected chi connectivity index (χ0v) is 14.5. The van der Waals surface area contributed by atoms with Crippen LogP contribution in [0.2, 0.25) is 0 Å². The molecule has 2 N–H and O–H groups in total. The van der Waals surface area contributed by atoms with Gasteiger partial charge in [-0.3, -0.25) is 0 Å². The van der Waals surface area contributed by atoms with Gasteiger partial charge in [-0.1, -0.05) is 13.8 Å². The van der Waals surface area contributed by atoms with E-state index in [4.69, 9.17) is 9.88 Å². The van der Waals surface area contributed by atoms with Gasteiger partial charge in [-0.05, 0) is 37.7 Å². The predicted molar refractivity (Wildman–Crippen MR) is 86.6 cm³/mol. The van der Waals surface area contributed by atoms with Crippen molar-refractivity contribution < 1.29 is 13.2 Å². The number of ether oxygens (including phenoxy) is 1. The second kappa shape index (κ2) is 6.79. The lowest BCUT2D eigenvalue weighted by atomic mass is 9.85. The summed E-state index contributed by atoms with van der Waals surface area (Å²) in [4.78, 5) is 4.06. The molecule has 128 valence electrons. The minimum atomic E-state index is -3.41. The Labute approximate surface area is 136 Å². The molecule has 0 radical (unpaired) electrons. The van der Waals surface area contributed by atoms with Crippen LogP contribution in [0.25, 0.3) is 5.65 Å². The summed E-state index contributed by atoms with van der Waals surface area (Å²) in [5.74, 6) is 0.537. The van der Waals surface area contributed by atoms with E-state index in [2.05, 4.69) is 15.2 Å². The van der Waals surface area contributed by atoms with E-state index < -0.39 is 10.0 Å². The maximum Gasteiger partial charge on any atom is 0.236 e. The van der Waals surface area contributed by atoms with Crippen molar-refractivity contribution in [3.63, 3.8) is 0 Å². The van der Waals surface area contributed by atoms with Gasteiger partial charge < -0.3 is 4.74 Å². The number of primary sulfonamides is 1. The van der Waals surface area contributed by atoms with Crippen LogP contribution in [0.4, 0.5) is 0 Å². The molecule has 0 saturated heterocycles. The Bertz CT molecular complexity index is 770. The second-order valence-electron chi connectivity index (χ2n) is 6.47. The summed E-state index contributed by atoms with van der Waals surface area (Å²) in [7, 11) is -3.41. The highest BCUT2D eigenvalue weighted by molar-refractivity contribution is 7.89. The molecule has 23 heavy (non-hydrogen) atoms. The van der Waals surface area contributed by atoms with Crippen LogP contribution in [-0.2, 0) is 10.0 Å².